The molecule has 1 saturated heterocycles. The fourth-order valence-electron chi connectivity index (χ4n) is 2.84. The second-order valence-corrected chi connectivity index (χ2v) is 5.88. The molecule has 0 aliphatic carbocycles. The minimum atomic E-state index is 0.590. The molecule has 21 heavy (non-hydrogen) atoms. The summed E-state index contributed by atoms with van der Waals surface area (Å²) in [5, 5.41) is 3.65. The molecule has 110 valence electrons. The molecular weight excluding hydrogens is 258 g/mol. The molecule has 1 N–H and O–H groups in total. The van der Waals surface area contributed by atoms with Crippen LogP contribution in [-0.2, 0) is 6.54 Å². The molecule has 0 amide bonds. The lowest BCUT2D eigenvalue weighted by atomic mass is 10.0. The van der Waals surface area contributed by atoms with Gasteiger partial charge < -0.3 is 5.32 Å². The van der Waals surface area contributed by atoms with Gasteiger partial charge in [0.15, 0.2) is 0 Å². The summed E-state index contributed by atoms with van der Waals surface area (Å²) in [6.45, 7) is 5.37. The highest BCUT2D eigenvalue weighted by Gasteiger charge is 2.19. The van der Waals surface area contributed by atoms with Gasteiger partial charge in [-0.05, 0) is 44.0 Å². The fourth-order valence-corrected chi connectivity index (χ4v) is 2.84. The normalized spacial score (nSPS) is 16.8. The van der Waals surface area contributed by atoms with E-state index in [1.54, 1.807) is 0 Å². The van der Waals surface area contributed by atoms with E-state index in [1.807, 2.05) is 12.3 Å². The molecule has 1 aliphatic heterocycles. The second-order valence-electron chi connectivity index (χ2n) is 5.88. The number of piperidine rings is 1. The van der Waals surface area contributed by atoms with Gasteiger partial charge in [0.1, 0.15) is 0 Å². The van der Waals surface area contributed by atoms with E-state index in [9.17, 15) is 0 Å². The van der Waals surface area contributed by atoms with Gasteiger partial charge in [-0.2, -0.15) is 0 Å². The molecule has 0 spiro atoms. The highest BCUT2D eigenvalue weighted by molar-refractivity contribution is 5.45. The first-order chi connectivity index (χ1) is 10.3. The van der Waals surface area contributed by atoms with Crippen molar-refractivity contribution in [3.8, 4) is 0 Å². The average molecular weight is 281 g/mol. The van der Waals surface area contributed by atoms with Crippen LogP contribution >= 0.6 is 0 Å². The Morgan fingerprint density at radius 2 is 1.86 bits per heavy atom. The van der Waals surface area contributed by atoms with Gasteiger partial charge in [-0.25, -0.2) is 0 Å². The quantitative estimate of drug-likeness (QED) is 0.930. The van der Waals surface area contributed by atoms with Gasteiger partial charge in [-0.15, -0.1) is 0 Å². The molecule has 0 atom stereocenters. The standard InChI is InChI=1S/C18H23N3/c1-15-5-7-16(8-6-15)20-17-9-12-21(13-10-17)14-18-4-2-3-11-19-18/h2-8,11,17,20H,9-10,12-14H2,1H3. The van der Waals surface area contributed by atoms with Gasteiger partial charge in [-0.1, -0.05) is 23.8 Å². The number of aromatic nitrogens is 1. The Kier molecular flexibility index (Phi) is 4.51. The van der Waals surface area contributed by atoms with Crippen LogP contribution in [-0.4, -0.2) is 29.0 Å². The Balaban J connectivity index is 1.47. The number of rotatable bonds is 4. The van der Waals surface area contributed by atoms with Crippen molar-refractivity contribution >= 4 is 5.69 Å². The number of hydrogen-bond donors (Lipinski definition) is 1. The number of pyridine rings is 1. The van der Waals surface area contributed by atoms with Crippen LogP contribution in [0.4, 0.5) is 5.69 Å². The zero-order valence-corrected chi connectivity index (χ0v) is 12.6. The van der Waals surface area contributed by atoms with Crippen molar-refractivity contribution in [2.24, 2.45) is 0 Å². The van der Waals surface area contributed by atoms with E-state index < -0.39 is 0 Å². The predicted octanol–water partition coefficient (Wildman–Crippen LogP) is 3.47. The highest BCUT2D eigenvalue weighted by atomic mass is 15.1. The van der Waals surface area contributed by atoms with E-state index in [1.165, 1.54) is 29.8 Å². The van der Waals surface area contributed by atoms with Crippen LogP contribution in [0.15, 0.2) is 48.7 Å². The maximum atomic E-state index is 4.41. The molecule has 3 heteroatoms. The summed E-state index contributed by atoms with van der Waals surface area (Å²) in [4.78, 5) is 6.91. The molecular formula is C18H23N3. The third-order valence-corrected chi connectivity index (χ3v) is 4.12. The Labute approximate surface area is 127 Å². The molecule has 2 heterocycles. The highest BCUT2D eigenvalue weighted by Crippen LogP contribution is 2.18. The summed E-state index contributed by atoms with van der Waals surface area (Å²) in [5.74, 6) is 0. The van der Waals surface area contributed by atoms with Crippen LogP contribution < -0.4 is 5.32 Å². The number of anilines is 1. The molecule has 1 aromatic heterocycles. The van der Waals surface area contributed by atoms with Gasteiger partial charge in [-0.3, -0.25) is 9.88 Å². The summed E-state index contributed by atoms with van der Waals surface area (Å²) in [5.41, 5.74) is 3.72. The largest absolute Gasteiger partial charge is 0.382 e. The molecule has 3 nitrogen and oxygen atoms in total. The van der Waals surface area contributed by atoms with Crippen molar-refractivity contribution in [1.29, 1.82) is 0 Å². The topological polar surface area (TPSA) is 28.2 Å². The maximum Gasteiger partial charge on any atom is 0.0543 e. The minimum absolute atomic E-state index is 0.590. The van der Waals surface area contributed by atoms with Gasteiger partial charge in [0.05, 0.1) is 5.69 Å². The third-order valence-electron chi connectivity index (χ3n) is 4.12. The monoisotopic (exact) mass is 281 g/mol. The van der Waals surface area contributed by atoms with Crippen molar-refractivity contribution in [3.05, 3.63) is 59.9 Å². The molecule has 1 fully saturated rings. The third kappa shape index (κ3) is 4.05. The number of likely N-dealkylation sites (tertiary alicyclic amines) is 1. The number of aryl methyl sites for hydroxylation is 1. The number of benzene rings is 1. The molecule has 2 aromatic rings. The lowest BCUT2D eigenvalue weighted by Gasteiger charge is -2.32. The summed E-state index contributed by atoms with van der Waals surface area (Å²) in [6.07, 6.45) is 4.27. The molecule has 0 saturated carbocycles. The summed E-state index contributed by atoms with van der Waals surface area (Å²) < 4.78 is 0. The van der Waals surface area contributed by atoms with E-state index >= 15 is 0 Å². The van der Waals surface area contributed by atoms with Crippen molar-refractivity contribution < 1.29 is 0 Å². The van der Waals surface area contributed by atoms with Crippen LogP contribution in [0.5, 0.6) is 0 Å². The number of nitrogens with one attached hydrogen (secondary N) is 1. The molecule has 1 aliphatic rings. The Morgan fingerprint density at radius 1 is 1.10 bits per heavy atom. The molecule has 0 unspecified atom stereocenters. The van der Waals surface area contributed by atoms with Crippen LogP contribution in [0.3, 0.4) is 0 Å². The van der Waals surface area contributed by atoms with Crippen LogP contribution in [0.2, 0.25) is 0 Å². The van der Waals surface area contributed by atoms with Crippen molar-refractivity contribution in [3.63, 3.8) is 0 Å². The van der Waals surface area contributed by atoms with Crippen molar-refractivity contribution in [1.82, 2.24) is 9.88 Å². The molecule has 1 aromatic carbocycles. The van der Waals surface area contributed by atoms with E-state index in [0.717, 1.165) is 19.6 Å². The number of nitrogens with zero attached hydrogens (tertiary/aromatic N) is 2. The first-order valence-electron chi connectivity index (χ1n) is 7.75. The minimum Gasteiger partial charge on any atom is -0.382 e. The summed E-state index contributed by atoms with van der Waals surface area (Å²) in [7, 11) is 0. The predicted molar refractivity (Wildman–Crippen MR) is 87.3 cm³/mol. The lowest BCUT2D eigenvalue weighted by molar-refractivity contribution is 0.209. The van der Waals surface area contributed by atoms with Crippen LogP contribution in [0, 0.1) is 6.92 Å². The molecule has 3 rings (SSSR count). The van der Waals surface area contributed by atoms with Crippen molar-refractivity contribution in [2.45, 2.75) is 32.4 Å². The Hall–Kier alpha value is -1.87. The van der Waals surface area contributed by atoms with Crippen LogP contribution in [0.1, 0.15) is 24.1 Å². The van der Waals surface area contributed by atoms with Gasteiger partial charge in [0.25, 0.3) is 0 Å². The van der Waals surface area contributed by atoms with Gasteiger partial charge in [0, 0.05) is 37.6 Å². The van der Waals surface area contributed by atoms with Gasteiger partial charge in [0.2, 0.25) is 0 Å². The van der Waals surface area contributed by atoms with E-state index in [0.29, 0.717) is 6.04 Å². The SMILES string of the molecule is Cc1ccc(NC2CCN(Cc3ccccn3)CC2)cc1. The summed E-state index contributed by atoms with van der Waals surface area (Å²) in [6, 6.07) is 15.4. The number of hydrogen-bond acceptors (Lipinski definition) is 3. The first kappa shape index (κ1) is 14.1. The average Bonchev–Trinajstić information content (AvgIpc) is 2.53. The van der Waals surface area contributed by atoms with E-state index in [2.05, 4.69) is 58.5 Å². The second kappa shape index (κ2) is 6.72. The van der Waals surface area contributed by atoms with Gasteiger partial charge >= 0.3 is 0 Å². The van der Waals surface area contributed by atoms with E-state index in [-0.39, 0.29) is 0 Å². The summed E-state index contributed by atoms with van der Waals surface area (Å²) >= 11 is 0. The Morgan fingerprint density at radius 3 is 2.52 bits per heavy atom. The fraction of sp³-hybridized carbons (Fsp3) is 0.389. The van der Waals surface area contributed by atoms with Crippen molar-refractivity contribution in [2.75, 3.05) is 18.4 Å². The first-order valence-corrected chi connectivity index (χ1v) is 7.75. The zero-order chi connectivity index (χ0) is 14.5. The lowest BCUT2D eigenvalue weighted by Crippen LogP contribution is -2.38. The Bertz CT molecular complexity index is 542. The zero-order valence-electron chi connectivity index (χ0n) is 12.6. The molecule has 0 radical (unpaired) electrons. The maximum absolute atomic E-state index is 4.41. The van der Waals surface area contributed by atoms with Crippen LogP contribution in [0.25, 0.3) is 0 Å². The van der Waals surface area contributed by atoms with E-state index in [4.69, 9.17) is 0 Å². The smallest absolute Gasteiger partial charge is 0.0543 e. The molecule has 0 bridgehead atoms.